The van der Waals surface area contributed by atoms with Crippen molar-refractivity contribution in [3.05, 3.63) is 0 Å². The van der Waals surface area contributed by atoms with E-state index in [4.69, 9.17) is 17.3 Å². The lowest BCUT2D eigenvalue weighted by Gasteiger charge is -2.19. The molecular formula is C6H10O2S3. The van der Waals surface area contributed by atoms with Crippen molar-refractivity contribution in [2.24, 2.45) is 0 Å². The molecule has 0 heterocycles. The zero-order valence-electron chi connectivity index (χ0n) is 6.33. The van der Waals surface area contributed by atoms with E-state index in [-0.39, 0.29) is 11.2 Å². The maximum absolute atomic E-state index is 10.3. The van der Waals surface area contributed by atoms with Crippen LogP contribution in [0.25, 0.3) is 0 Å². The Labute approximate surface area is 81.2 Å². The summed E-state index contributed by atoms with van der Waals surface area (Å²) in [4.78, 5) is 10.3. The summed E-state index contributed by atoms with van der Waals surface area (Å²) in [5, 5.41) is 8.48. The quantitative estimate of drug-likeness (QED) is 0.553. The average Bonchev–Trinajstić information content (AvgIpc) is 1.53. The van der Waals surface area contributed by atoms with E-state index >= 15 is 0 Å². The van der Waals surface area contributed by atoms with Gasteiger partial charge in [-0.1, -0.05) is 12.2 Å². The maximum atomic E-state index is 10.3. The third-order valence-corrected chi connectivity index (χ3v) is 2.34. The summed E-state index contributed by atoms with van der Waals surface area (Å²) in [7, 11) is 0. The van der Waals surface area contributed by atoms with Gasteiger partial charge in [0.25, 0.3) is 0 Å². The van der Waals surface area contributed by atoms with Crippen molar-refractivity contribution >= 4 is 46.1 Å². The molecule has 0 fully saturated rings. The molecule has 64 valence electrons. The Kier molecular flexibility index (Phi) is 4.43. The molecule has 0 aliphatic heterocycles. The number of carboxylic acids is 1. The molecule has 11 heavy (non-hydrogen) atoms. The second-order valence-corrected chi connectivity index (χ2v) is 6.13. The molecule has 0 aromatic heterocycles. The van der Waals surface area contributed by atoms with Crippen LogP contribution in [0.2, 0.25) is 0 Å². The summed E-state index contributed by atoms with van der Waals surface area (Å²) in [6, 6.07) is 0. The molecule has 0 saturated heterocycles. The van der Waals surface area contributed by atoms with Gasteiger partial charge in [-0.05, 0) is 13.8 Å². The van der Waals surface area contributed by atoms with Crippen molar-refractivity contribution < 1.29 is 9.90 Å². The van der Waals surface area contributed by atoms with Gasteiger partial charge in [0.1, 0.15) is 3.53 Å². The Bertz CT molecular complexity index is 159. The lowest BCUT2D eigenvalue weighted by molar-refractivity contribution is -0.137. The molecule has 0 spiro atoms. The second-order valence-electron chi connectivity index (χ2n) is 2.70. The molecule has 0 aliphatic rings. The molecule has 0 atom stereocenters. The van der Waals surface area contributed by atoms with E-state index in [1.807, 2.05) is 13.8 Å². The second kappa shape index (κ2) is 4.33. The van der Waals surface area contributed by atoms with Crippen LogP contribution in [0, 0.1) is 0 Å². The van der Waals surface area contributed by atoms with Crippen LogP contribution in [-0.2, 0) is 4.79 Å². The van der Waals surface area contributed by atoms with Gasteiger partial charge in [0.05, 0.1) is 6.42 Å². The fourth-order valence-electron chi connectivity index (χ4n) is 0.637. The Balaban J connectivity index is 3.99. The molecule has 0 radical (unpaired) electrons. The third-order valence-electron chi connectivity index (χ3n) is 0.941. The van der Waals surface area contributed by atoms with Crippen LogP contribution < -0.4 is 0 Å². The Morgan fingerprint density at radius 2 is 2.18 bits per heavy atom. The molecule has 5 heteroatoms. The molecule has 0 aromatic carbocycles. The van der Waals surface area contributed by atoms with Gasteiger partial charge >= 0.3 is 5.97 Å². The first-order chi connectivity index (χ1) is 4.83. The number of carboxylic acid groups (broad SMARTS) is 1. The predicted molar refractivity (Wildman–Crippen MR) is 55.5 cm³/mol. The summed E-state index contributed by atoms with van der Waals surface area (Å²) in [6.07, 6.45) is 0.0956. The van der Waals surface area contributed by atoms with E-state index in [1.165, 1.54) is 11.8 Å². The highest BCUT2D eigenvalue weighted by Gasteiger charge is 2.23. The van der Waals surface area contributed by atoms with Gasteiger partial charge in [0.2, 0.25) is 0 Å². The fourth-order valence-corrected chi connectivity index (χ4v) is 2.72. The van der Waals surface area contributed by atoms with E-state index < -0.39 is 5.97 Å². The normalized spacial score (nSPS) is 11.2. The highest BCUT2D eigenvalue weighted by Crippen LogP contribution is 2.30. The third kappa shape index (κ3) is 6.65. The first-order valence-corrected chi connectivity index (χ1v) is 4.64. The molecule has 0 aliphatic carbocycles. The first kappa shape index (κ1) is 11.3. The van der Waals surface area contributed by atoms with E-state index in [0.29, 0.717) is 3.53 Å². The Hall–Kier alpha value is 0.260. The molecule has 2 nitrogen and oxygen atoms in total. The highest BCUT2D eigenvalue weighted by atomic mass is 32.2. The molecule has 0 unspecified atom stereocenters. The molecule has 0 amide bonds. The molecule has 0 bridgehead atoms. The SMILES string of the molecule is CC(C)(CC(=O)O)SC(=S)S. The van der Waals surface area contributed by atoms with Crippen LogP contribution in [0.5, 0.6) is 0 Å². The number of rotatable bonds is 3. The van der Waals surface area contributed by atoms with Gasteiger partial charge in [-0.15, -0.1) is 24.4 Å². The van der Waals surface area contributed by atoms with Crippen LogP contribution in [-0.4, -0.2) is 19.4 Å². The van der Waals surface area contributed by atoms with E-state index in [1.54, 1.807) is 0 Å². The lowest BCUT2D eigenvalue weighted by Crippen LogP contribution is -2.20. The lowest BCUT2D eigenvalue weighted by atomic mass is 10.1. The fraction of sp³-hybridized carbons (Fsp3) is 0.667. The largest absolute Gasteiger partial charge is 0.481 e. The highest BCUT2D eigenvalue weighted by molar-refractivity contribution is 8.42. The van der Waals surface area contributed by atoms with E-state index in [2.05, 4.69) is 12.6 Å². The smallest absolute Gasteiger partial charge is 0.304 e. The number of aliphatic carboxylic acids is 1. The summed E-state index contributed by atoms with van der Waals surface area (Å²) in [5.41, 5.74) is 0. The summed E-state index contributed by atoms with van der Waals surface area (Å²) in [6.45, 7) is 3.66. The predicted octanol–water partition coefficient (Wildman–Crippen LogP) is 2.19. The van der Waals surface area contributed by atoms with Crippen molar-refractivity contribution in [3.8, 4) is 0 Å². The number of thiocarbonyl (C=S) groups is 1. The molecule has 0 saturated carbocycles. The number of hydrogen-bond donors (Lipinski definition) is 2. The summed E-state index contributed by atoms with van der Waals surface area (Å²) in [5.74, 6) is -0.813. The van der Waals surface area contributed by atoms with Gasteiger partial charge in [0.15, 0.2) is 0 Å². The minimum atomic E-state index is -0.813. The van der Waals surface area contributed by atoms with Crippen LogP contribution in [0.3, 0.4) is 0 Å². The number of thioether (sulfide) groups is 1. The van der Waals surface area contributed by atoms with Gasteiger partial charge in [-0.2, -0.15) is 0 Å². The first-order valence-electron chi connectivity index (χ1n) is 2.97. The zero-order valence-corrected chi connectivity index (χ0v) is 8.85. The van der Waals surface area contributed by atoms with Crippen molar-refractivity contribution in [2.45, 2.75) is 25.0 Å². The summed E-state index contributed by atoms with van der Waals surface area (Å²) >= 11 is 9.95. The van der Waals surface area contributed by atoms with Crippen molar-refractivity contribution in [2.75, 3.05) is 0 Å². The van der Waals surface area contributed by atoms with Crippen LogP contribution in [0.15, 0.2) is 0 Å². The van der Waals surface area contributed by atoms with Crippen molar-refractivity contribution in [1.29, 1.82) is 0 Å². The summed E-state index contributed by atoms with van der Waals surface area (Å²) < 4.78 is 0.126. The van der Waals surface area contributed by atoms with Crippen LogP contribution >= 0.6 is 36.6 Å². The van der Waals surface area contributed by atoms with Crippen LogP contribution in [0.4, 0.5) is 0 Å². The van der Waals surface area contributed by atoms with Gasteiger partial charge in [-0.3, -0.25) is 4.79 Å². The van der Waals surface area contributed by atoms with Crippen molar-refractivity contribution in [3.63, 3.8) is 0 Å². The van der Waals surface area contributed by atoms with Gasteiger partial charge in [-0.25, -0.2) is 0 Å². The average molecular weight is 210 g/mol. The number of carbonyl (C=O) groups is 1. The van der Waals surface area contributed by atoms with Crippen molar-refractivity contribution in [1.82, 2.24) is 0 Å². The minimum absolute atomic E-state index is 0.0956. The van der Waals surface area contributed by atoms with E-state index in [0.717, 1.165) is 0 Å². The molecular weight excluding hydrogens is 200 g/mol. The van der Waals surface area contributed by atoms with E-state index in [9.17, 15) is 4.79 Å². The monoisotopic (exact) mass is 210 g/mol. The maximum Gasteiger partial charge on any atom is 0.304 e. The minimum Gasteiger partial charge on any atom is -0.481 e. The molecule has 1 N–H and O–H groups in total. The zero-order chi connectivity index (χ0) is 9.07. The standard InChI is InChI=1S/C6H10O2S3/c1-6(2,3-4(7)8)11-5(9)10/h3H2,1-2H3,(H,7,8)(H,9,10). The molecule has 0 rings (SSSR count). The molecule has 0 aromatic rings. The number of hydrogen-bond acceptors (Lipinski definition) is 3. The van der Waals surface area contributed by atoms with Crippen LogP contribution in [0.1, 0.15) is 20.3 Å². The Morgan fingerprint density at radius 1 is 1.73 bits per heavy atom. The van der Waals surface area contributed by atoms with Gasteiger partial charge < -0.3 is 5.11 Å². The van der Waals surface area contributed by atoms with Gasteiger partial charge in [0, 0.05) is 4.75 Å². The Morgan fingerprint density at radius 3 is 2.45 bits per heavy atom. The topological polar surface area (TPSA) is 37.3 Å². The number of thiol groups is 1.